The Bertz CT molecular complexity index is 666. The first kappa shape index (κ1) is 14.5. The maximum Gasteiger partial charge on any atom is 0.359 e. The fourth-order valence-electron chi connectivity index (χ4n) is 1.52. The number of rotatable bonds is 4. The normalized spacial score (nSPS) is 9.76. The predicted molar refractivity (Wildman–Crippen MR) is 75.1 cm³/mol. The van der Waals surface area contributed by atoms with E-state index in [1.54, 1.807) is 30.3 Å². The standard InChI is InChI=1S/C16H12FNO3/c1-11(18-15(19)12-5-3-2-4-6-12)16(20)21-14-9-7-13(17)8-10-14/h2-10H,1H2,(H,18,19). The van der Waals surface area contributed by atoms with E-state index in [1.807, 2.05) is 0 Å². The average Bonchev–Trinajstić information content (AvgIpc) is 2.50. The summed E-state index contributed by atoms with van der Waals surface area (Å²) in [6, 6.07) is 13.3. The molecule has 2 rings (SSSR count). The molecule has 0 spiro atoms. The third-order valence-electron chi connectivity index (χ3n) is 2.57. The van der Waals surface area contributed by atoms with Crippen molar-refractivity contribution in [3.05, 3.63) is 78.3 Å². The van der Waals surface area contributed by atoms with Crippen LogP contribution in [0.2, 0.25) is 0 Å². The quantitative estimate of drug-likeness (QED) is 0.534. The van der Waals surface area contributed by atoms with Gasteiger partial charge in [0.15, 0.2) is 0 Å². The van der Waals surface area contributed by atoms with Gasteiger partial charge in [0.2, 0.25) is 0 Å². The lowest BCUT2D eigenvalue weighted by molar-refractivity contribution is -0.130. The number of hydrogen-bond donors (Lipinski definition) is 1. The molecular formula is C16H12FNO3. The molecule has 1 N–H and O–H groups in total. The summed E-state index contributed by atoms with van der Waals surface area (Å²) in [5.41, 5.74) is 0.196. The number of nitrogens with one attached hydrogen (secondary N) is 1. The Labute approximate surface area is 120 Å². The molecule has 0 aliphatic heterocycles. The molecule has 0 radical (unpaired) electrons. The minimum absolute atomic E-state index is 0.163. The van der Waals surface area contributed by atoms with Gasteiger partial charge >= 0.3 is 5.97 Å². The topological polar surface area (TPSA) is 55.4 Å². The van der Waals surface area contributed by atoms with Gasteiger partial charge in [-0.15, -0.1) is 0 Å². The van der Waals surface area contributed by atoms with Crippen LogP contribution in [0.4, 0.5) is 4.39 Å². The lowest BCUT2D eigenvalue weighted by Gasteiger charge is -2.08. The van der Waals surface area contributed by atoms with Gasteiger partial charge < -0.3 is 10.1 Å². The first-order valence-corrected chi connectivity index (χ1v) is 6.09. The van der Waals surface area contributed by atoms with Crippen LogP contribution in [0.5, 0.6) is 5.75 Å². The first-order valence-electron chi connectivity index (χ1n) is 6.09. The van der Waals surface area contributed by atoms with Crippen LogP contribution < -0.4 is 10.1 Å². The van der Waals surface area contributed by atoms with E-state index in [0.717, 1.165) is 12.1 Å². The second-order valence-corrected chi connectivity index (χ2v) is 4.14. The van der Waals surface area contributed by atoms with Gasteiger partial charge in [-0.25, -0.2) is 9.18 Å². The molecule has 4 nitrogen and oxygen atoms in total. The van der Waals surface area contributed by atoms with Crippen LogP contribution in [0.15, 0.2) is 66.9 Å². The summed E-state index contributed by atoms with van der Waals surface area (Å²) in [5, 5.41) is 2.35. The maximum absolute atomic E-state index is 12.7. The van der Waals surface area contributed by atoms with Crippen molar-refractivity contribution in [3.63, 3.8) is 0 Å². The van der Waals surface area contributed by atoms with E-state index in [2.05, 4.69) is 11.9 Å². The molecule has 0 fully saturated rings. The minimum Gasteiger partial charge on any atom is -0.422 e. The van der Waals surface area contributed by atoms with Crippen molar-refractivity contribution in [2.75, 3.05) is 0 Å². The summed E-state index contributed by atoms with van der Waals surface area (Å²) in [5.74, 6) is -1.55. The van der Waals surface area contributed by atoms with Gasteiger partial charge in [-0.3, -0.25) is 4.79 Å². The fraction of sp³-hybridized carbons (Fsp3) is 0. The number of amides is 1. The Morgan fingerprint density at radius 3 is 2.24 bits per heavy atom. The van der Waals surface area contributed by atoms with Crippen LogP contribution >= 0.6 is 0 Å². The van der Waals surface area contributed by atoms with Gasteiger partial charge in [0.1, 0.15) is 17.3 Å². The molecule has 0 atom stereocenters. The number of benzene rings is 2. The number of halogens is 1. The molecular weight excluding hydrogens is 273 g/mol. The number of carbonyl (C=O) groups excluding carboxylic acids is 2. The molecule has 106 valence electrons. The highest BCUT2D eigenvalue weighted by Gasteiger charge is 2.14. The van der Waals surface area contributed by atoms with Gasteiger partial charge in [-0.2, -0.15) is 0 Å². The largest absolute Gasteiger partial charge is 0.422 e. The van der Waals surface area contributed by atoms with Crippen molar-refractivity contribution < 1.29 is 18.7 Å². The smallest absolute Gasteiger partial charge is 0.359 e. The summed E-state index contributed by atoms with van der Waals surface area (Å²) in [6.07, 6.45) is 0. The maximum atomic E-state index is 12.7. The molecule has 21 heavy (non-hydrogen) atoms. The molecule has 1 amide bonds. The first-order chi connectivity index (χ1) is 10.1. The van der Waals surface area contributed by atoms with Crippen LogP contribution in [-0.2, 0) is 4.79 Å². The van der Waals surface area contributed by atoms with E-state index in [0.29, 0.717) is 5.56 Å². The molecule has 0 heterocycles. The number of ether oxygens (including phenoxy) is 1. The van der Waals surface area contributed by atoms with Gasteiger partial charge in [0, 0.05) is 5.56 Å². The van der Waals surface area contributed by atoms with Crippen molar-refractivity contribution in [2.24, 2.45) is 0 Å². The van der Waals surface area contributed by atoms with Gasteiger partial charge in [-0.1, -0.05) is 24.8 Å². The summed E-state index contributed by atoms with van der Waals surface area (Å²) < 4.78 is 17.7. The number of esters is 1. The van der Waals surface area contributed by atoms with E-state index in [1.165, 1.54) is 12.1 Å². The number of hydrogen-bond acceptors (Lipinski definition) is 3. The van der Waals surface area contributed by atoms with E-state index >= 15 is 0 Å². The Morgan fingerprint density at radius 1 is 1.00 bits per heavy atom. The van der Waals surface area contributed by atoms with Crippen molar-refractivity contribution in [2.45, 2.75) is 0 Å². The molecule has 0 aliphatic rings. The van der Waals surface area contributed by atoms with E-state index in [-0.39, 0.29) is 11.4 Å². The van der Waals surface area contributed by atoms with Crippen LogP contribution in [-0.4, -0.2) is 11.9 Å². The average molecular weight is 285 g/mol. The van der Waals surface area contributed by atoms with Crippen LogP contribution in [0, 0.1) is 5.82 Å². The molecule has 0 saturated carbocycles. The van der Waals surface area contributed by atoms with E-state index in [4.69, 9.17) is 4.74 Å². The van der Waals surface area contributed by atoms with Crippen LogP contribution in [0.3, 0.4) is 0 Å². The summed E-state index contributed by atoms with van der Waals surface area (Å²) in [6.45, 7) is 3.45. The van der Waals surface area contributed by atoms with E-state index < -0.39 is 17.7 Å². The second kappa shape index (κ2) is 6.47. The highest BCUT2D eigenvalue weighted by atomic mass is 19.1. The van der Waals surface area contributed by atoms with Crippen LogP contribution in [0.25, 0.3) is 0 Å². The molecule has 2 aromatic carbocycles. The number of carbonyl (C=O) groups is 2. The third kappa shape index (κ3) is 4.01. The van der Waals surface area contributed by atoms with Crippen molar-refractivity contribution in [1.29, 1.82) is 0 Å². The lowest BCUT2D eigenvalue weighted by atomic mass is 10.2. The minimum atomic E-state index is -0.814. The second-order valence-electron chi connectivity index (χ2n) is 4.14. The molecule has 2 aromatic rings. The van der Waals surface area contributed by atoms with E-state index in [9.17, 15) is 14.0 Å². The monoisotopic (exact) mass is 285 g/mol. The van der Waals surface area contributed by atoms with Crippen molar-refractivity contribution >= 4 is 11.9 Å². The summed E-state index contributed by atoms with van der Waals surface area (Å²) in [4.78, 5) is 23.6. The highest BCUT2D eigenvalue weighted by molar-refractivity contribution is 6.01. The molecule has 0 aliphatic carbocycles. The van der Waals surface area contributed by atoms with Crippen molar-refractivity contribution in [3.8, 4) is 5.75 Å². The zero-order valence-electron chi connectivity index (χ0n) is 11.0. The third-order valence-corrected chi connectivity index (χ3v) is 2.57. The molecule has 0 bridgehead atoms. The zero-order chi connectivity index (χ0) is 15.2. The highest BCUT2D eigenvalue weighted by Crippen LogP contribution is 2.12. The Kier molecular flexibility index (Phi) is 4.46. The fourth-order valence-corrected chi connectivity index (χ4v) is 1.52. The molecule has 0 unspecified atom stereocenters. The zero-order valence-corrected chi connectivity index (χ0v) is 11.0. The Balaban J connectivity index is 1.95. The SMILES string of the molecule is C=C(NC(=O)c1ccccc1)C(=O)Oc1ccc(F)cc1. The summed E-state index contributed by atoms with van der Waals surface area (Å²) in [7, 11) is 0. The Hall–Kier alpha value is -2.95. The van der Waals surface area contributed by atoms with Gasteiger partial charge in [0.25, 0.3) is 5.91 Å². The molecule has 0 saturated heterocycles. The van der Waals surface area contributed by atoms with Crippen LogP contribution in [0.1, 0.15) is 10.4 Å². The molecule has 0 aromatic heterocycles. The lowest BCUT2D eigenvalue weighted by Crippen LogP contribution is -2.29. The predicted octanol–water partition coefficient (Wildman–Crippen LogP) is 2.67. The summed E-state index contributed by atoms with van der Waals surface area (Å²) >= 11 is 0. The van der Waals surface area contributed by atoms with Crippen molar-refractivity contribution in [1.82, 2.24) is 5.32 Å². The Morgan fingerprint density at radius 2 is 1.62 bits per heavy atom. The molecule has 5 heteroatoms. The van der Waals surface area contributed by atoms with Gasteiger partial charge in [-0.05, 0) is 36.4 Å². The van der Waals surface area contributed by atoms with Gasteiger partial charge in [0.05, 0.1) is 0 Å².